The Kier molecular flexibility index (Phi) is 8.22. The number of nitrogens with zero attached hydrogens (tertiary/aromatic N) is 1. The molecular formula is C24H16BrCl3N2O2. The lowest BCUT2D eigenvalue weighted by atomic mass is 10.1. The second kappa shape index (κ2) is 10.9. The highest BCUT2D eigenvalue weighted by Gasteiger charge is 2.15. The number of halogens is 4. The average Bonchev–Trinajstić information content (AvgIpc) is 2.74. The van der Waals surface area contributed by atoms with Crippen LogP contribution in [0.3, 0.4) is 0 Å². The topological polar surface area (TPSA) is 62.1 Å². The van der Waals surface area contributed by atoms with Gasteiger partial charge in [0, 0.05) is 0 Å². The second-order valence-electron chi connectivity index (χ2n) is 6.82. The van der Waals surface area contributed by atoms with Gasteiger partial charge in [0.1, 0.15) is 18.2 Å². The van der Waals surface area contributed by atoms with Crippen LogP contribution in [0.4, 0.5) is 5.69 Å². The summed E-state index contributed by atoms with van der Waals surface area (Å²) < 4.78 is 6.47. The number of aryl methyl sites for hydroxylation is 1. The minimum atomic E-state index is -0.622. The molecule has 3 rings (SSSR count). The van der Waals surface area contributed by atoms with Crippen molar-refractivity contribution in [3.63, 3.8) is 0 Å². The largest absolute Gasteiger partial charge is 0.486 e. The molecule has 1 N–H and O–H groups in total. The number of nitriles is 1. The van der Waals surface area contributed by atoms with Crippen LogP contribution in [-0.4, -0.2) is 5.91 Å². The van der Waals surface area contributed by atoms with E-state index < -0.39 is 5.91 Å². The number of nitrogens with one attached hydrogen (secondary N) is 1. The summed E-state index contributed by atoms with van der Waals surface area (Å²) in [5, 5.41) is 12.9. The zero-order valence-electron chi connectivity index (χ0n) is 16.8. The molecule has 0 fully saturated rings. The number of carbonyl (C=O) groups excluding carboxylic acids is 1. The molecular weight excluding hydrogens is 535 g/mol. The van der Waals surface area contributed by atoms with Crippen LogP contribution in [0.5, 0.6) is 5.75 Å². The van der Waals surface area contributed by atoms with E-state index in [2.05, 4.69) is 21.2 Å². The summed E-state index contributed by atoms with van der Waals surface area (Å²) in [6.07, 6.45) is 1.43. The number of benzene rings is 3. The fourth-order valence-electron chi connectivity index (χ4n) is 2.86. The molecule has 4 nitrogen and oxygen atoms in total. The predicted octanol–water partition coefficient (Wildman–Crippen LogP) is 7.84. The molecule has 0 saturated carbocycles. The van der Waals surface area contributed by atoms with Crippen molar-refractivity contribution in [1.82, 2.24) is 0 Å². The van der Waals surface area contributed by atoms with Crippen LogP contribution in [0, 0.1) is 18.3 Å². The highest BCUT2D eigenvalue weighted by Crippen LogP contribution is 2.36. The molecule has 0 aliphatic heterocycles. The molecule has 0 saturated heterocycles. The number of ether oxygens (including phenoxy) is 1. The molecule has 0 aliphatic carbocycles. The molecule has 0 bridgehead atoms. The molecule has 3 aromatic carbocycles. The van der Waals surface area contributed by atoms with Crippen LogP contribution >= 0.6 is 50.7 Å². The number of hydrogen-bond donors (Lipinski definition) is 1. The minimum absolute atomic E-state index is 0.127. The standard InChI is InChI=1S/C24H16BrCl3N2O2/c1-14-4-2-5-15(8-14)13-32-23-18(25)10-16(11-20(23)27)9-17(12-29)24(31)30-21-7-3-6-19(26)22(21)28/h2-11H,13H2,1H3,(H,30,31)/b17-9-. The molecule has 8 heteroatoms. The Balaban J connectivity index is 1.79. The highest BCUT2D eigenvalue weighted by molar-refractivity contribution is 9.10. The zero-order valence-corrected chi connectivity index (χ0v) is 20.6. The maximum absolute atomic E-state index is 12.6. The fraction of sp³-hybridized carbons (Fsp3) is 0.0833. The second-order valence-corrected chi connectivity index (χ2v) is 8.86. The lowest BCUT2D eigenvalue weighted by Crippen LogP contribution is -2.13. The van der Waals surface area contributed by atoms with Gasteiger partial charge in [-0.1, -0.05) is 70.7 Å². The molecule has 0 unspecified atom stereocenters. The van der Waals surface area contributed by atoms with Crippen LogP contribution in [0.2, 0.25) is 15.1 Å². The quantitative estimate of drug-likeness (QED) is 0.251. The van der Waals surface area contributed by atoms with Crippen LogP contribution in [-0.2, 0) is 11.4 Å². The first-order valence-corrected chi connectivity index (χ1v) is 11.3. The molecule has 0 heterocycles. The van der Waals surface area contributed by atoms with Crippen molar-refractivity contribution >= 4 is 68.4 Å². The Morgan fingerprint density at radius 2 is 1.88 bits per heavy atom. The van der Waals surface area contributed by atoms with Crippen LogP contribution in [0.15, 0.2) is 64.6 Å². The number of hydrogen-bond acceptors (Lipinski definition) is 3. The van der Waals surface area contributed by atoms with Crippen molar-refractivity contribution in [3.8, 4) is 11.8 Å². The van der Waals surface area contributed by atoms with Gasteiger partial charge >= 0.3 is 0 Å². The average molecular weight is 551 g/mol. The van der Waals surface area contributed by atoms with E-state index in [-0.39, 0.29) is 10.6 Å². The molecule has 0 aromatic heterocycles. The van der Waals surface area contributed by atoms with Gasteiger partial charge in [-0.25, -0.2) is 0 Å². The van der Waals surface area contributed by atoms with Gasteiger partial charge in [-0.2, -0.15) is 5.26 Å². The van der Waals surface area contributed by atoms with Crippen LogP contribution in [0.25, 0.3) is 6.08 Å². The fourth-order valence-corrected chi connectivity index (χ4v) is 4.20. The van der Waals surface area contributed by atoms with Gasteiger partial charge < -0.3 is 10.1 Å². The zero-order chi connectivity index (χ0) is 23.3. The van der Waals surface area contributed by atoms with Crippen molar-refractivity contribution in [2.24, 2.45) is 0 Å². The third-order valence-corrected chi connectivity index (χ3v) is 6.05. The number of amides is 1. The third kappa shape index (κ3) is 6.05. The van der Waals surface area contributed by atoms with Crippen molar-refractivity contribution in [2.45, 2.75) is 13.5 Å². The lowest BCUT2D eigenvalue weighted by Gasteiger charge is -2.12. The Morgan fingerprint density at radius 3 is 2.56 bits per heavy atom. The molecule has 3 aromatic rings. The predicted molar refractivity (Wildman–Crippen MR) is 133 cm³/mol. The van der Waals surface area contributed by atoms with Crippen molar-refractivity contribution < 1.29 is 9.53 Å². The molecule has 0 aliphatic rings. The number of anilines is 1. The Bertz CT molecular complexity index is 1230. The normalized spacial score (nSPS) is 11.1. The molecule has 1 amide bonds. The van der Waals surface area contributed by atoms with E-state index in [1.165, 1.54) is 6.08 Å². The maximum Gasteiger partial charge on any atom is 0.266 e. The molecule has 0 atom stereocenters. The van der Waals surface area contributed by atoms with Gasteiger partial charge in [0.05, 0.1) is 25.2 Å². The smallest absolute Gasteiger partial charge is 0.266 e. The summed E-state index contributed by atoms with van der Waals surface area (Å²) in [5.41, 5.74) is 2.88. The van der Waals surface area contributed by atoms with Gasteiger partial charge in [0.15, 0.2) is 5.75 Å². The third-order valence-electron chi connectivity index (χ3n) is 4.36. The van der Waals surface area contributed by atoms with Crippen LogP contribution in [0.1, 0.15) is 16.7 Å². The van der Waals surface area contributed by atoms with Gasteiger partial charge in [-0.15, -0.1) is 0 Å². The van der Waals surface area contributed by atoms with E-state index in [1.807, 2.05) is 37.3 Å². The van der Waals surface area contributed by atoms with E-state index in [9.17, 15) is 10.1 Å². The molecule has 0 spiro atoms. The SMILES string of the molecule is Cc1cccc(COc2c(Cl)cc(/C=C(/C#N)C(=O)Nc3cccc(Cl)c3Cl)cc2Br)c1. The summed E-state index contributed by atoms with van der Waals surface area (Å²) in [7, 11) is 0. The van der Waals surface area contributed by atoms with Gasteiger partial charge in [-0.05, 0) is 64.3 Å². The van der Waals surface area contributed by atoms with Crippen molar-refractivity contribution in [1.29, 1.82) is 5.26 Å². The van der Waals surface area contributed by atoms with Gasteiger partial charge in [-0.3, -0.25) is 4.79 Å². The van der Waals surface area contributed by atoms with E-state index in [0.29, 0.717) is 38.1 Å². The van der Waals surface area contributed by atoms with Crippen LogP contribution < -0.4 is 10.1 Å². The van der Waals surface area contributed by atoms with Gasteiger partial charge in [0.25, 0.3) is 5.91 Å². The molecule has 162 valence electrons. The van der Waals surface area contributed by atoms with E-state index >= 15 is 0 Å². The summed E-state index contributed by atoms with van der Waals surface area (Å²) in [4.78, 5) is 12.6. The number of carbonyl (C=O) groups is 1. The molecule has 32 heavy (non-hydrogen) atoms. The molecule has 0 radical (unpaired) electrons. The first-order valence-electron chi connectivity index (χ1n) is 9.33. The Hall–Kier alpha value is -2.49. The maximum atomic E-state index is 12.6. The first-order chi connectivity index (χ1) is 15.3. The number of rotatable bonds is 6. The van der Waals surface area contributed by atoms with Crippen molar-refractivity contribution in [3.05, 3.63) is 96.4 Å². The first kappa shape index (κ1) is 24.2. The van der Waals surface area contributed by atoms with E-state index in [0.717, 1.165) is 11.1 Å². The monoisotopic (exact) mass is 548 g/mol. The van der Waals surface area contributed by atoms with E-state index in [4.69, 9.17) is 39.5 Å². The van der Waals surface area contributed by atoms with Gasteiger partial charge in [0.2, 0.25) is 0 Å². The lowest BCUT2D eigenvalue weighted by molar-refractivity contribution is -0.112. The Labute approximate surface area is 209 Å². The van der Waals surface area contributed by atoms with Crippen molar-refractivity contribution in [2.75, 3.05) is 5.32 Å². The summed E-state index contributed by atoms with van der Waals surface area (Å²) >= 11 is 21.9. The summed E-state index contributed by atoms with van der Waals surface area (Å²) in [5.74, 6) is -0.150. The van der Waals surface area contributed by atoms with E-state index in [1.54, 1.807) is 30.3 Å². The highest BCUT2D eigenvalue weighted by atomic mass is 79.9. The minimum Gasteiger partial charge on any atom is -0.486 e. The summed E-state index contributed by atoms with van der Waals surface area (Å²) in [6.45, 7) is 2.36. The Morgan fingerprint density at radius 1 is 1.12 bits per heavy atom. The summed E-state index contributed by atoms with van der Waals surface area (Å²) in [6, 6.07) is 18.0.